The normalized spacial score (nSPS) is 13.3. The zero-order valence-electron chi connectivity index (χ0n) is 7.97. The number of rotatable bonds is 3. The summed E-state index contributed by atoms with van der Waals surface area (Å²) < 4.78 is 1.71. The minimum atomic E-state index is -0.345. The van der Waals surface area contributed by atoms with Crippen LogP contribution in [0, 0.1) is 0 Å². The van der Waals surface area contributed by atoms with E-state index in [1.807, 2.05) is 0 Å². The van der Waals surface area contributed by atoms with Crippen LogP contribution in [0.2, 0.25) is 5.15 Å². The van der Waals surface area contributed by atoms with Gasteiger partial charge in [-0.3, -0.25) is 9.38 Å². The van der Waals surface area contributed by atoms with E-state index in [-0.39, 0.29) is 12.6 Å². The molecule has 3 N–H and O–H groups in total. The van der Waals surface area contributed by atoms with E-state index in [9.17, 15) is 0 Å². The summed E-state index contributed by atoms with van der Waals surface area (Å²) in [6.07, 6.45) is 5.40. The molecule has 0 saturated heterocycles. The highest BCUT2D eigenvalue weighted by atomic mass is 35.5. The molecule has 0 aromatic carbocycles. The summed E-state index contributed by atoms with van der Waals surface area (Å²) in [5.41, 5.74) is 7.08. The lowest BCUT2D eigenvalue weighted by Crippen LogP contribution is -2.12. The van der Waals surface area contributed by atoms with Gasteiger partial charge in [-0.25, -0.2) is 4.98 Å². The highest BCUT2D eigenvalue weighted by Gasteiger charge is 2.16. The number of hydrogen-bond donors (Lipinski definition) is 2. The molecule has 0 bridgehead atoms. The van der Waals surface area contributed by atoms with Crippen LogP contribution in [-0.2, 0) is 0 Å². The van der Waals surface area contributed by atoms with E-state index >= 15 is 0 Å². The maximum atomic E-state index is 8.79. The van der Waals surface area contributed by atoms with Crippen molar-refractivity contribution < 1.29 is 5.11 Å². The highest BCUT2D eigenvalue weighted by molar-refractivity contribution is 6.30. The number of aliphatic hydroxyl groups excluding tert-OH is 1. The van der Waals surface area contributed by atoms with Gasteiger partial charge in [0.1, 0.15) is 5.15 Å². The average molecular weight is 227 g/mol. The predicted molar refractivity (Wildman–Crippen MR) is 56.6 cm³/mol. The second-order valence-corrected chi connectivity index (χ2v) is 3.57. The Morgan fingerprint density at radius 2 is 2.40 bits per heavy atom. The molecule has 2 heterocycles. The monoisotopic (exact) mass is 226 g/mol. The van der Waals surface area contributed by atoms with Crippen LogP contribution in [0.25, 0.3) is 5.65 Å². The summed E-state index contributed by atoms with van der Waals surface area (Å²) in [5, 5.41) is 9.27. The number of halogens is 1. The summed E-state index contributed by atoms with van der Waals surface area (Å²) in [7, 11) is 0. The molecule has 15 heavy (non-hydrogen) atoms. The molecule has 0 spiro atoms. The van der Waals surface area contributed by atoms with Gasteiger partial charge in [0.25, 0.3) is 0 Å². The first kappa shape index (κ1) is 10.4. The van der Waals surface area contributed by atoms with Gasteiger partial charge in [-0.15, -0.1) is 0 Å². The number of nitrogens with two attached hydrogens (primary N) is 1. The molecule has 0 amide bonds. The Kier molecular flexibility index (Phi) is 2.86. The molecule has 2 aromatic heterocycles. The van der Waals surface area contributed by atoms with Crippen LogP contribution in [0.15, 0.2) is 18.6 Å². The molecule has 80 valence electrons. The molecule has 0 fully saturated rings. The Morgan fingerprint density at radius 3 is 3.07 bits per heavy atom. The minimum Gasteiger partial charge on any atom is -0.396 e. The van der Waals surface area contributed by atoms with E-state index in [0.29, 0.717) is 22.9 Å². The fourth-order valence-corrected chi connectivity index (χ4v) is 1.73. The number of aliphatic hydroxyl groups is 1. The third-order valence-corrected chi connectivity index (χ3v) is 2.56. The largest absolute Gasteiger partial charge is 0.396 e. The smallest absolute Gasteiger partial charge is 0.156 e. The lowest BCUT2D eigenvalue weighted by atomic mass is 10.2. The zero-order valence-corrected chi connectivity index (χ0v) is 8.72. The average Bonchev–Trinajstić information content (AvgIpc) is 2.57. The molecular weight excluding hydrogens is 216 g/mol. The van der Waals surface area contributed by atoms with Crippen LogP contribution in [0.5, 0.6) is 0 Å². The van der Waals surface area contributed by atoms with Crippen molar-refractivity contribution in [1.29, 1.82) is 0 Å². The summed E-state index contributed by atoms with van der Waals surface area (Å²) in [6, 6.07) is -0.345. The van der Waals surface area contributed by atoms with Crippen molar-refractivity contribution in [3.05, 3.63) is 29.4 Å². The van der Waals surface area contributed by atoms with E-state index < -0.39 is 0 Å². The first-order valence-electron chi connectivity index (χ1n) is 4.58. The van der Waals surface area contributed by atoms with Crippen LogP contribution in [0.1, 0.15) is 18.2 Å². The quantitative estimate of drug-likeness (QED) is 0.811. The Hall–Kier alpha value is -1.17. The van der Waals surface area contributed by atoms with Crippen molar-refractivity contribution in [3.63, 3.8) is 0 Å². The Labute approximate surface area is 91.5 Å². The first-order chi connectivity index (χ1) is 7.24. The molecular formula is C9H11ClN4O. The zero-order chi connectivity index (χ0) is 10.8. The fraction of sp³-hybridized carbons (Fsp3) is 0.333. The molecule has 1 atom stereocenters. The maximum Gasteiger partial charge on any atom is 0.156 e. The Morgan fingerprint density at radius 1 is 1.60 bits per heavy atom. The van der Waals surface area contributed by atoms with E-state index in [1.165, 1.54) is 0 Å². The molecule has 2 rings (SSSR count). The SMILES string of the molecule is NC(CCO)c1nc2cnccn2c1Cl. The summed E-state index contributed by atoms with van der Waals surface area (Å²) >= 11 is 6.10. The van der Waals surface area contributed by atoms with Gasteiger partial charge in [0, 0.05) is 19.0 Å². The van der Waals surface area contributed by atoms with E-state index in [2.05, 4.69) is 9.97 Å². The van der Waals surface area contributed by atoms with Gasteiger partial charge in [-0.1, -0.05) is 11.6 Å². The van der Waals surface area contributed by atoms with Crippen LogP contribution in [0.3, 0.4) is 0 Å². The molecule has 0 radical (unpaired) electrons. The predicted octanol–water partition coefficient (Wildman–Crippen LogP) is 0.765. The Balaban J connectivity index is 2.48. The highest BCUT2D eigenvalue weighted by Crippen LogP contribution is 2.23. The number of nitrogens with zero attached hydrogens (tertiary/aromatic N) is 3. The summed E-state index contributed by atoms with van der Waals surface area (Å²) in [5.74, 6) is 0. The number of imidazole rings is 1. The van der Waals surface area contributed by atoms with Gasteiger partial charge in [-0.2, -0.15) is 0 Å². The van der Waals surface area contributed by atoms with Crippen LogP contribution < -0.4 is 5.73 Å². The summed E-state index contributed by atoms with van der Waals surface area (Å²) in [6.45, 7) is 0.0175. The fourth-order valence-electron chi connectivity index (χ4n) is 1.41. The summed E-state index contributed by atoms with van der Waals surface area (Å²) in [4.78, 5) is 8.20. The second kappa shape index (κ2) is 4.14. The topological polar surface area (TPSA) is 76.4 Å². The Bertz CT molecular complexity index is 470. The maximum absolute atomic E-state index is 8.79. The van der Waals surface area contributed by atoms with Crippen LogP contribution >= 0.6 is 11.6 Å². The van der Waals surface area contributed by atoms with Gasteiger partial charge in [0.15, 0.2) is 5.65 Å². The second-order valence-electron chi connectivity index (χ2n) is 3.21. The molecule has 0 saturated carbocycles. The third kappa shape index (κ3) is 1.81. The number of aromatic nitrogens is 3. The number of hydrogen-bond acceptors (Lipinski definition) is 4. The van der Waals surface area contributed by atoms with Crippen molar-refractivity contribution in [3.8, 4) is 0 Å². The number of fused-ring (bicyclic) bond motifs is 1. The lowest BCUT2D eigenvalue weighted by molar-refractivity contribution is 0.276. The van der Waals surface area contributed by atoms with E-state index in [1.54, 1.807) is 23.0 Å². The molecule has 2 aromatic rings. The van der Waals surface area contributed by atoms with Crippen molar-refractivity contribution in [2.24, 2.45) is 5.73 Å². The minimum absolute atomic E-state index is 0.0175. The van der Waals surface area contributed by atoms with Gasteiger partial charge in [0.05, 0.1) is 17.9 Å². The van der Waals surface area contributed by atoms with Crippen molar-refractivity contribution in [1.82, 2.24) is 14.4 Å². The third-order valence-electron chi connectivity index (χ3n) is 2.19. The van der Waals surface area contributed by atoms with Crippen LogP contribution in [0.4, 0.5) is 0 Å². The molecule has 0 aliphatic rings. The molecule has 6 heteroatoms. The van der Waals surface area contributed by atoms with Crippen LogP contribution in [-0.4, -0.2) is 26.1 Å². The van der Waals surface area contributed by atoms with Crippen molar-refractivity contribution >= 4 is 17.2 Å². The molecule has 5 nitrogen and oxygen atoms in total. The van der Waals surface area contributed by atoms with Gasteiger partial charge >= 0.3 is 0 Å². The standard InChI is InChI=1S/C9H11ClN4O/c10-9-8(6(11)1-4-15)13-7-5-12-2-3-14(7)9/h2-3,5-6,15H,1,4,11H2. The van der Waals surface area contributed by atoms with Crippen molar-refractivity contribution in [2.45, 2.75) is 12.5 Å². The van der Waals surface area contributed by atoms with Gasteiger partial charge in [0.2, 0.25) is 0 Å². The molecule has 1 unspecified atom stereocenters. The first-order valence-corrected chi connectivity index (χ1v) is 4.95. The lowest BCUT2D eigenvalue weighted by Gasteiger charge is -2.06. The van der Waals surface area contributed by atoms with Gasteiger partial charge in [-0.05, 0) is 6.42 Å². The van der Waals surface area contributed by atoms with Gasteiger partial charge < -0.3 is 10.8 Å². The molecule has 0 aliphatic heterocycles. The van der Waals surface area contributed by atoms with Crippen molar-refractivity contribution in [2.75, 3.05) is 6.61 Å². The molecule has 0 aliphatic carbocycles. The van der Waals surface area contributed by atoms with E-state index in [4.69, 9.17) is 22.4 Å². The van der Waals surface area contributed by atoms with E-state index in [0.717, 1.165) is 0 Å².